The lowest BCUT2D eigenvalue weighted by Crippen LogP contribution is -2.36. The Morgan fingerprint density at radius 1 is 1.12 bits per heavy atom. The van der Waals surface area contributed by atoms with Crippen molar-refractivity contribution in [2.24, 2.45) is 12.0 Å². The zero-order valence-electron chi connectivity index (χ0n) is 14.1. The predicted molar refractivity (Wildman–Crippen MR) is 99.6 cm³/mol. The molecule has 0 atom stereocenters. The largest absolute Gasteiger partial charge is 0.416 e. The summed E-state index contributed by atoms with van der Waals surface area (Å²) in [6.07, 6.45) is -4.32. The second-order valence-corrected chi connectivity index (χ2v) is 5.20. The molecule has 1 heterocycles. The van der Waals surface area contributed by atoms with Crippen molar-refractivity contribution in [1.82, 2.24) is 25.4 Å². The molecule has 6 nitrogen and oxygen atoms in total. The van der Waals surface area contributed by atoms with Crippen LogP contribution in [0.3, 0.4) is 0 Å². The molecule has 0 aliphatic heterocycles. The van der Waals surface area contributed by atoms with Crippen LogP contribution in [0.15, 0.2) is 29.3 Å². The van der Waals surface area contributed by atoms with Crippen LogP contribution >= 0.6 is 24.0 Å². The number of alkyl halides is 3. The molecule has 2 rings (SSSR count). The molecule has 138 valence electrons. The van der Waals surface area contributed by atoms with Gasteiger partial charge >= 0.3 is 6.18 Å². The van der Waals surface area contributed by atoms with E-state index in [0.29, 0.717) is 19.0 Å². The molecule has 0 aliphatic carbocycles. The average molecular weight is 468 g/mol. The third-order valence-corrected chi connectivity index (χ3v) is 3.56. The van der Waals surface area contributed by atoms with Crippen LogP contribution in [0.4, 0.5) is 13.2 Å². The second kappa shape index (κ2) is 9.02. The van der Waals surface area contributed by atoms with Gasteiger partial charge in [-0.15, -0.1) is 34.2 Å². The molecule has 0 saturated heterocycles. The second-order valence-electron chi connectivity index (χ2n) is 5.20. The summed E-state index contributed by atoms with van der Waals surface area (Å²) in [4.78, 5) is 4.07. The molecule has 2 N–H and O–H groups in total. The first-order chi connectivity index (χ1) is 11.3. The highest BCUT2D eigenvalue weighted by atomic mass is 127. The Balaban J connectivity index is 0.00000312. The molecule has 1 aromatic heterocycles. The molecule has 0 spiro atoms. The van der Waals surface area contributed by atoms with Gasteiger partial charge in [0.25, 0.3) is 0 Å². The van der Waals surface area contributed by atoms with Gasteiger partial charge < -0.3 is 15.2 Å². The van der Waals surface area contributed by atoms with E-state index in [-0.39, 0.29) is 24.0 Å². The lowest BCUT2D eigenvalue weighted by atomic mass is 10.1. The van der Waals surface area contributed by atoms with Crippen LogP contribution in [0.2, 0.25) is 0 Å². The Bertz CT molecular complexity index is 709. The molecule has 0 fully saturated rings. The Labute approximate surface area is 161 Å². The van der Waals surface area contributed by atoms with Gasteiger partial charge in [-0.25, -0.2) is 0 Å². The van der Waals surface area contributed by atoms with Crippen molar-refractivity contribution < 1.29 is 13.2 Å². The first-order valence-corrected chi connectivity index (χ1v) is 7.26. The highest BCUT2D eigenvalue weighted by Crippen LogP contribution is 2.28. The summed E-state index contributed by atoms with van der Waals surface area (Å²) in [6.45, 7) is 2.65. The van der Waals surface area contributed by atoms with Gasteiger partial charge in [-0.05, 0) is 24.6 Å². The Hall–Kier alpha value is -1.85. The highest BCUT2D eigenvalue weighted by molar-refractivity contribution is 14.0. The van der Waals surface area contributed by atoms with Crippen LogP contribution in [0.25, 0.3) is 0 Å². The molecule has 1 aromatic carbocycles. The molecule has 2 aromatic rings. The number of hydrogen-bond donors (Lipinski definition) is 2. The molecule has 0 unspecified atom stereocenters. The molecular weight excluding hydrogens is 448 g/mol. The number of aliphatic imine (C=N–C) groups is 1. The van der Waals surface area contributed by atoms with E-state index < -0.39 is 11.7 Å². The number of aryl methyl sites for hydroxylation is 1. The third kappa shape index (κ3) is 5.87. The Morgan fingerprint density at radius 3 is 2.20 bits per heavy atom. The number of rotatable bonds is 4. The fraction of sp³-hybridized carbons (Fsp3) is 0.400. The smallest absolute Gasteiger partial charge is 0.352 e. The van der Waals surface area contributed by atoms with Crippen molar-refractivity contribution in [1.29, 1.82) is 0 Å². The lowest BCUT2D eigenvalue weighted by Gasteiger charge is -2.12. The third-order valence-electron chi connectivity index (χ3n) is 3.56. The summed E-state index contributed by atoms with van der Waals surface area (Å²) in [6, 6.07) is 5.01. The maximum Gasteiger partial charge on any atom is 0.416 e. The van der Waals surface area contributed by atoms with Gasteiger partial charge in [-0.2, -0.15) is 13.2 Å². The monoisotopic (exact) mass is 468 g/mol. The van der Waals surface area contributed by atoms with Crippen LogP contribution < -0.4 is 10.6 Å². The van der Waals surface area contributed by atoms with Crippen molar-refractivity contribution in [3.8, 4) is 0 Å². The SMILES string of the molecule is CN=C(NCc1ccc(C(F)(F)F)cc1)NCc1nnc(C)n1C.I. The normalized spacial score (nSPS) is 11.8. The molecule has 0 saturated carbocycles. The Morgan fingerprint density at radius 2 is 1.72 bits per heavy atom. The van der Waals surface area contributed by atoms with E-state index in [2.05, 4.69) is 25.8 Å². The maximum atomic E-state index is 12.5. The number of hydrogen-bond acceptors (Lipinski definition) is 3. The fourth-order valence-electron chi connectivity index (χ4n) is 1.99. The van der Waals surface area contributed by atoms with E-state index in [1.807, 2.05) is 18.5 Å². The summed E-state index contributed by atoms with van der Waals surface area (Å²) in [5.41, 5.74) is 0.0619. The zero-order valence-corrected chi connectivity index (χ0v) is 16.4. The number of nitrogens with one attached hydrogen (secondary N) is 2. The van der Waals surface area contributed by atoms with E-state index in [1.54, 1.807) is 7.05 Å². The molecule has 0 radical (unpaired) electrons. The van der Waals surface area contributed by atoms with Crippen molar-refractivity contribution >= 4 is 29.9 Å². The van der Waals surface area contributed by atoms with Crippen molar-refractivity contribution in [3.05, 3.63) is 47.0 Å². The van der Waals surface area contributed by atoms with Gasteiger partial charge in [0.05, 0.1) is 12.1 Å². The van der Waals surface area contributed by atoms with Crippen molar-refractivity contribution in [3.63, 3.8) is 0 Å². The van der Waals surface area contributed by atoms with Crippen LogP contribution in [0, 0.1) is 6.92 Å². The van der Waals surface area contributed by atoms with Crippen molar-refractivity contribution in [2.75, 3.05) is 7.05 Å². The topological polar surface area (TPSA) is 67.1 Å². The average Bonchev–Trinajstić information content (AvgIpc) is 2.86. The van der Waals surface area contributed by atoms with Gasteiger partial charge in [-0.1, -0.05) is 12.1 Å². The zero-order chi connectivity index (χ0) is 17.7. The first-order valence-electron chi connectivity index (χ1n) is 7.26. The standard InChI is InChI=1S/C15H19F3N6.HI/c1-10-22-23-13(24(10)3)9-21-14(19-2)20-8-11-4-6-12(7-5-11)15(16,17)18;/h4-7H,8-9H2,1-3H3,(H2,19,20,21);1H. The number of aromatic nitrogens is 3. The fourth-order valence-corrected chi connectivity index (χ4v) is 1.99. The number of guanidine groups is 1. The first kappa shape index (κ1) is 21.2. The number of nitrogens with zero attached hydrogens (tertiary/aromatic N) is 4. The van der Waals surface area contributed by atoms with Gasteiger partial charge in [0.1, 0.15) is 5.82 Å². The quantitative estimate of drug-likeness (QED) is 0.412. The van der Waals surface area contributed by atoms with Gasteiger partial charge in [0, 0.05) is 20.6 Å². The van der Waals surface area contributed by atoms with E-state index in [9.17, 15) is 13.2 Å². The highest BCUT2D eigenvalue weighted by Gasteiger charge is 2.29. The summed E-state index contributed by atoms with van der Waals surface area (Å²) in [5, 5.41) is 14.1. The molecule has 0 aliphatic rings. The minimum absolute atomic E-state index is 0. The number of benzene rings is 1. The van der Waals surface area contributed by atoms with Crippen LogP contribution in [-0.2, 0) is 26.3 Å². The van der Waals surface area contributed by atoms with Gasteiger partial charge in [-0.3, -0.25) is 4.99 Å². The van der Waals surface area contributed by atoms with E-state index in [4.69, 9.17) is 0 Å². The molecule has 25 heavy (non-hydrogen) atoms. The van der Waals surface area contributed by atoms with Crippen molar-refractivity contribution in [2.45, 2.75) is 26.2 Å². The van der Waals surface area contributed by atoms with Crippen LogP contribution in [0.1, 0.15) is 22.8 Å². The van der Waals surface area contributed by atoms with Crippen LogP contribution in [-0.4, -0.2) is 27.8 Å². The number of halogens is 4. The molecular formula is C15H20F3IN6. The van der Waals surface area contributed by atoms with E-state index in [1.165, 1.54) is 12.1 Å². The van der Waals surface area contributed by atoms with Crippen LogP contribution in [0.5, 0.6) is 0 Å². The summed E-state index contributed by atoms with van der Waals surface area (Å²) in [5.74, 6) is 2.08. The van der Waals surface area contributed by atoms with Gasteiger partial charge in [0.15, 0.2) is 11.8 Å². The summed E-state index contributed by atoms with van der Waals surface area (Å²) >= 11 is 0. The molecule has 10 heteroatoms. The summed E-state index contributed by atoms with van der Waals surface area (Å²) < 4.78 is 39.4. The summed E-state index contributed by atoms with van der Waals surface area (Å²) in [7, 11) is 3.48. The Kier molecular flexibility index (Phi) is 7.64. The lowest BCUT2D eigenvalue weighted by molar-refractivity contribution is -0.137. The predicted octanol–water partition coefficient (Wildman–Crippen LogP) is 2.63. The molecule has 0 bridgehead atoms. The minimum atomic E-state index is -4.32. The molecule has 0 amide bonds. The van der Waals surface area contributed by atoms with E-state index >= 15 is 0 Å². The maximum absolute atomic E-state index is 12.5. The minimum Gasteiger partial charge on any atom is -0.352 e. The van der Waals surface area contributed by atoms with E-state index in [0.717, 1.165) is 29.3 Å². The van der Waals surface area contributed by atoms with Gasteiger partial charge in [0.2, 0.25) is 0 Å².